The van der Waals surface area contributed by atoms with E-state index in [9.17, 15) is 14.3 Å². The second-order valence-electron chi connectivity index (χ2n) is 8.28. The molecule has 2 atom stereocenters. The first kappa shape index (κ1) is 19.7. The molecule has 31 heavy (non-hydrogen) atoms. The van der Waals surface area contributed by atoms with E-state index in [2.05, 4.69) is 10.2 Å². The Kier molecular flexibility index (Phi) is 4.55. The van der Waals surface area contributed by atoms with E-state index in [1.54, 1.807) is 18.3 Å². The Balaban J connectivity index is 1.87. The molecule has 1 fully saturated rings. The number of nitrogens with one attached hydrogen (secondary N) is 1. The summed E-state index contributed by atoms with van der Waals surface area (Å²) in [6, 6.07) is 7.92. The van der Waals surface area contributed by atoms with Crippen LogP contribution in [0.2, 0.25) is 0 Å². The third-order valence-corrected chi connectivity index (χ3v) is 6.00. The number of aromatic nitrogens is 3. The van der Waals surface area contributed by atoms with Crippen molar-refractivity contribution in [3.8, 4) is 5.69 Å². The molecule has 2 aromatic carbocycles. The summed E-state index contributed by atoms with van der Waals surface area (Å²) in [5.41, 5.74) is 3.25. The molecule has 0 radical (unpaired) electrons. The highest BCUT2D eigenvalue weighted by Crippen LogP contribution is 2.44. The molecule has 0 aliphatic carbocycles. The number of benzene rings is 2. The molecule has 0 unspecified atom stereocenters. The smallest absolute Gasteiger partial charge is 0.332 e. The van der Waals surface area contributed by atoms with Gasteiger partial charge in [0.1, 0.15) is 11.3 Å². The van der Waals surface area contributed by atoms with Crippen LogP contribution in [0, 0.1) is 11.6 Å². The maximum Gasteiger partial charge on any atom is 0.332 e. The topological polar surface area (TPSA) is 80.1 Å². The maximum absolute atomic E-state index is 15.8. The molecule has 2 N–H and O–H groups in total. The number of fused-ring (bicyclic) bond motifs is 2. The van der Waals surface area contributed by atoms with Gasteiger partial charge in [-0.1, -0.05) is 13.8 Å². The van der Waals surface area contributed by atoms with E-state index in [1.165, 1.54) is 12.1 Å². The zero-order chi connectivity index (χ0) is 21.9. The minimum atomic E-state index is -1.02. The number of carboxylic acid groups (broad SMARTS) is 1. The Morgan fingerprint density at radius 1 is 1.29 bits per heavy atom. The van der Waals surface area contributed by atoms with Crippen LogP contribution >= 0.6 is 0 Å². The van der Waals surface area contributed by atoms with E-state index >= 15 is 4.39 Å². The van der Waals surface area contributed by atoms with E-state index in [1.807, 2.05) is 24.5 Å². The molecule has 5 rings (SSSR count). The summed E-state index contributed by atoms with van der Waals surface area (Å²) in [6.45, 7) is 4.21. The number of hydrogen-bond donors (Lipinski definition) is 2. The predicted octanol–water partition coefficient (Wildman–Crippen LogP) is 4.87. The largest absolute Gasteiger partial charge is 0.479 e. The van der Waals surface area contributed by atoms with Crippen molar-refractivity contribution in [1.82, 2.24) is 14.8 Å². The third-order valence-electron chi connectivity index (χ3n) is 6.00. The monoisotopic (exact) mass is 425 g/mol. The van der Waals surface area contributed by atoms with Gasteiger partial charge in [-0.2, -0.15) is 5.10 Å². The highest BCUT2D eigenvalue weighted by Gasteiger charge is 2.37. The lowest BCUT2D eigenvalue weighted by atomic mass is 9.89. The average Bonchev–Trinajstić information content (AvgIpc) is 3.45. The maximum atomic E-state index is 15.8. The molecular weight excluding hydrogens is 404 g/mol. The van der Waals surface area contributed by atoms with Crippen LogP contribution in [0.15, 0.2) is 36.5 Å². The van der Waals surface area contributed by atoms with Crippen molar-refractivity contribution in [2.24, 2.45) is 0 Å². The van der Waals surface area contributed by atoms with E-state index in [-0.39, 0.29) is 30.7 Å². The van der Waals surface area contributed by atoms with Gasteiger partial charge in [0.2, 0.25) is 0 Å². The van der Waals surface area contributed by atoms with Crippen molar-refractivity contribution in [2.45, 2.75) is 38.2 Å². The van der Waals surface area contributed by atoms with Gasteiger partial charge >= 0.3 is 5.97 Å². The molecule has 0 bridgehead atoms. The van der Waals surface area contributed by atoms with Gasteiger partial charge in [-0.15, -0.1) is 0 Å². The van der Waals surface area contributed by atoms with Gasteiger partial charge < -0.3 is 14.4 Å². The quantitative estimate of drug-likeness (QED) is 0.489. The summed E-state index contributed by atoms with van der Waals surface area (Å²) in [6.07, 6.45) is 0.902. The number of hydrogen-bond acceptors (Lipinski definition) is 3. The molecule has 0 amide bonds. The average molecular weight is 425 g/mol. The van der Waals surface area contributed by atoms with Crippen molar-refractivity contribution in [3.05, 3.63) is 59.4 Å². The number of ether oxygens (including phenoxy) is 1. The second-order valence-corrected chi connectivity index (χ2v) is 8.28. The first-order valence-electron chi connectivity index (χ1n) is 10.2. The number of carboxylic acids is 1. The van der Waals surface area contributed by atoms with Gasteiger partial charge in [-0.25, -0.2) is 13.6 Å². The Morgan fingerprint density at radius 2 is 2.03 bits per heavy atom. The van der Waals surface area contributed by atoms with Crippen molar-refractivity contribution in [2.75, 3.05) is 6.61 Å². The first-order chi connectivity index (χ1) is 14.9. The second kappa shape index (κ2) is 7.16. The summed E-state index contributed by atoms with van der Waals surface area (Å²) in [5, 5.41) is 17.1. The number of aliphatic carboxylic acids is 1. The molecule has 2 aromatic heterocycles. The molecule has 8 heteroatoms. The van der Waals surface area contributed by atoms with E-state index in [0.717, 1.165) is 11.3 Å². The number of carbonyl (C=O) groups is 1. The van der Waals surface area contributed by atoms with Gasteiger partial charge in [0, 0.05) is 28.1 Å². The summed E-state index contributed by atoms with van der Waals surface area (Å²) in [4.78, 5) is 11.5. The minimum absolute atomic E-state index is 0.00722. The molecule has 6 nitrogen and oxygen atoms in total. The van der Waals surface area contributed by atoms with Gasteiger partial charge in [0.05, 0.1) is 18.3 Å². The van der Waals surface area contributed by atoms with Crippen LogP contribution in [0.3, 0.4) is 0 Å². The summed E-state index contributed by atoms with van der Waals surface area (Å²) >= 11 is 0. The fourth-order valence-electron chi connectivity index (χ4n) is 4.70. The lowest BCUT2D eigenvalue weighted by molar-refractivity contribution is -0.147. The van der Waals surface area contributed by atoms with Gasteiger partial charge in [0.15, 0.2) is 11.9 Å². The number of aromatic amines is 1. The molecule has 4 aromatic rings. The van der Waals surface area contributed by atoms with Crippen molar-refractivity contribution in [3.63, 3.8) is 0 Å². The normalized spacial score (nSPS) is 19.1. The standard InChI is InChI=1S/C23H21F2N3O3/c1-11(2)22-18(13-8-17(23(29)30)31-10-13)19-16(7-12-9-26-27-21(12)20(19)25)28(22)15-5-3-14(24)4-6-15/h3-7,9,11,13,17H,8,10H2,1-2H3,(H,26,27)(H,29,30)/t13-,17+/m1/s1. The summed E-state index contributed by atoms with van der Waals surface area (Å²) in [7, 11) is 0. The van der Waals surface area contributed by atoms with Crippen molar-refractivity contribution < 1.29 is 23.4 Å². The van der Waals surface area contributed by atoms with Crippen LogP contribution in [0.5, 0.6) is 0 Å². The molecule has 1 aliphatic heterocycles. The predicted molar refractivity (Wildman–Crippen MR) is 112 cm³/mol. The van der Waals surface area contributed by atoms with Crippen LogP contribution in [-0.2, 0) is 9.53 Å². The van der Waals surface area contributed by atoms with Gasteiger partial charge in [0.25, 0.3) is 0 Å². The first-order valence-corrected chi connectivity index (χ1v) is 10.2. The number of rotatable bonds is 4. The zero-order valence-electron chi connectivity index (χ0n) is 17.0. The van der Waals surface area contributed by atoms with Crippen molar-refractivity contribution in [1.29, 1.82) is 0 Å². The van der Waals surface area contributed by atoms with Gasteiger partial charge in [-0.05, 0) is 48.2 Å². The summed E-state index contributed by atoms with van der Waals surface area (Å²) in [5.74, 6) is -2.10. The Labute approximate surface area is 176 Å². The van der Waals surface area contributed by atoms with Crippen LogP contribution in [0.4, 0.5) is 8.78 Å². The lowest BCUT2D eigenvalue weighted by Gasteiger charge is -2.18. The third kappa shape index (κ3) is 3.01. The Bertz CT molecular complexity index is 1310. The molecule has 1 aliphatic rings. The molecule has 0 saturated carbocycles. The highest BCUT2D eigenvalue weighted by molar-refractivity contribution is 6.00. The minimum Gasteiger partial charge on any atom is -0.479 e. The van der Waals surface area contributed by atoms with E-state index < -0.39 is 17.9 Å². The SMILES string of the molecule is CC(C)c1c([C@H]2CO[C@H](C(=O)O)C2)c2c(F)c3[nH]ncc3cc2n1-c1ccc(F)cc1. The molecular formula is C23H21F2N3O3. The molecule has 0 spiro atoms. The fourth-order valence-corrected chi connectivity index (χ4v) is 4.70. The van der Waals surface area contributed by atoms with Gasteiger partial charge in [-0.3, -0.25) is 5.10 Å². The summed E-state index contributed by atoms with van der Waals surface area (Å²) < 4.78 is 36.9. The lowest BCUT2D eigenvalue weighted by Crippen LogP contribution is -2.18. The Morgan fingerprint density at radius 3 is 2.68 bits per heavy atom. The van der Waals surface area contributed by atoms with Crippen molar-refractivity contribution >= 4 is 27.8 Å². The van der Waals surface area contributed by atoms with E-state index in [0.29, 0.717) is 27.5 Å². The molecule has 3 heterocycles. The highest BCUT2D eigenvalue weighted by atomic mass is 19.1. The zero-order valence-corrected chi connectivity index (χ0v) is 17.0. The van der Waals surface area contributed by atoms with E-state index in [4.69, 9.17) is 4.74 Å². The number of nitrogens with zero attached hydrogens (tertiary/aromatic N) is 2. The Hall–Kier alpha value is -3.26. The number of H-pyrrole nitrogens is 1. The van der Waals surface area contributed by atoms with Crippen LogP contribution in [0.1, 0.15) is 43.4 Å². The molecule has 160 valence electrons. The van der Waals surface area contributed by atoms with Crippen LogP contribution < -0.4 is 0 Å². The van der Waals surface area contributed by atoms with Crippen LogP contribution in [0.25, 0.3) is 27.5 Å². The fraction of sp³-hybridized carbons (Fsp3) is 0.304. The van der Waals surface area contributed by atoms with Crippen LogP contribution in [-0.4, -0.2) is 38.6 Å². The number of halogens is 2. The molecule has 1 saturated heterocycles.